The van der Waals surface area contributed by atoms with E-state index in [0.717, 1.165) is 17.1 Å². The van der Waals surface area contributed by atoms with Gasteiger partial charge in [-0.1, -0.05) is 68.5 Å². The number of hydrogen-bond donors (Lipinski definition) is 0. The first-order chi connectivity index (χ1) is 11.2. The van der Waals surface area contributed by atoms with Gasteiger partial charge in [0, 0.05) is 17.1 Å². The average molecular weight is 303 g/mol. The Morgan fingerprint density at radius 2 is 1.39 bits per heavy atom. The lowest BCUT2D eigenvalue weighted by Gasteiger charge is -2.26. The molecule has 0 aliphatic carbocycles. The fraction of sp³-hybridized carbons (Fsp3) is 0.182. The number of allylic oxidation sites excluding steroid dienone is 5. The van der Waals surface area contributed by atoms with Gasteiger partial charge in [0.2, 0.25) is 0 Å². The number of para-hydroxylation sites is 2. The number of rotatable bonds is 6. The van der Waals surface area contributed by atoms with Gasteiger partial charge in [-0.2, -0.15) is 0 Å². The molecule has 2 aromatic rings. The topological polar surface area (TPSA) is 3.24 Å². The maximum absolute atomic E-state index is 2.28. The van der Waals surface area contributed by atoms with Gasteiger partial charge in [0.15, 0.2) is 0 Å². The highest BCUT2D eigenvalue weighted by Gasteiger charge is 2.11. The van der Waals surface area contributed by atoms with Crippen molar-refractivity contribution in [2.24, 2.45) is 5.92 Å². The van der Waals surface area contributed by atoms with Crippen LogP contribution >= 0.6 is 0 Å². The number of benzene rings is 2. The van der Waals surface area contributed by atoms with Crippen molar-refractivity contribution in [1.82, 2.24) is 0 Å². The minimum Gasteiger partial charge on any atom is -0.311 e. The molecule has 0 aliphatic rings. The molecule has 0 radical (unpaired) electrons. The molecule has 1 nitrogen and oxygen atoms in total. The van der Waals surface area contributed by atoms with Crippen LogP contribution in [0.1, 0.15) is 20.8 Å². The van der Waals surface area contributed by atoms with E-state index in [-0.39, 0.29) is 0 Å². The summed E-state index contributed by atoms with van der Waals surface area (Å²) in [6, 6.07) is 20.9. The lowest BCUT2D eigenvalue weighted by atomic mass is 10.1. The molecule has 0 fully saturated rings. The first kappa shape index (κ1) is 16.8. The molecule has 0 heterocycles. The molecule has 2 aromatic carbocycles. The Morgan fingerprint density at radius 1 is 0.870 bits per heavy atom. The van der Waals surface area contributed by atoms with Crippen LogP contribution in [0.5, 0.6) is 0 Å². The summed E-state index contributed by atoms with van der Waals surface area (Å²) in [6.45, 7) is 6.42. The summed E-state index contributed by atoms with van der Waals surface area (Å²) >= 11 is 0. The van der Waals surface area contributed by atoms with Crippen LogP contribution < -0.4 is 4.90 Å². The molecule has 118 valence electrons. The van der Waals surface area contributed by atoms with Gasteiger partial charge in [0.25, 0.3) is 0 Å². The van der Waals surface area contributed by atoms with Crippen LogP contribution in [0, 0.1) is 5.92 Å². The van der Waals surface area contributed by atoms with E-state index in [0.29, 0.717) is 5.92 Å². The smallest absolute Gasteiger partial charge is 0.0461 e. The molecule has 0 spiro atoms. The van der Waals surface area contributed by atoms with Crippen LogP contribution in [0.3, 0.4) is 0 Å². The second-order valence-corrected chi connectivity index (χ2v) is 5.73. The molecule has 0 N–H and O–H groups in total. The zero-order valence-corrected chi connectivity index (χ0v) is 14.2. The van der Waals surface area contributed by atoms with E-state index in [1.165, 1.54) is 0 Å². The number of nitrogens with zero attached hydrogens (tertiary/aromatic N) is 1. The van der Waals surface area contributed by atoms with Crippen LogP contribution in [-0.4, -0.2) is 0 Å². The number of anilines is 2. The summed E-state index contributed by atoms with van der Waals surface area (Å²) in [5.41, 5.74) is 3.46. The molecule has 0 amide bonds. The van der Waals surface area contributed by atoms with Gasteiger partial charge in [0.05, 0.1) is 0 Å². The summed E-state index contributed by atoms with van der Waals surface area (Å²) in [7, 11) is 0. The molecule has 23 heavy (non-hydrogen) atoms. The largest absolute Gasteiger partial charge is 0.311 e. The third-order valence-electron chi connectivity index (χ3n) is 3.40. The molecule has 1 heteroatoms. The van der Waals surface area contributed by atoms with Crippen molar-refractivity contribution in [3.63, 3.8) is 0 Å². The Kier molecular flexibility index (Phi) is 6.43. The molecule has 0 unspecified atom stereocenters. The van der Waals surface area contributed by atoms with Gasteiger partial charge in [-0.3, -0.25) is 0 Å². The summed E-state index contributed by atoms with van der Waals surface area (Å²) in [5, 5.41) is 0. The Morgan fingerprint density at radius 3 is 1.83 bits per heavy atom. The van der Waals surface area contributed by atoms with Crippen molar-refractivity contribution < 1.29 is 0 Å². The normalized spacial score (nSPS) is 12.4. The van der Waals surface area contributed by atoms with Crippen molar-refractivity contribution in [2.45, 2.75) is 20.8 Å². The molecule has 0 bridgehead atoms. The second-order valence-electron chi connectivity index (χ2n) is 5.73. The third-order valence-corrected chi connectivity index (χ3v) is 3.40. The van der Waals surface area contributed by atoms with Crippen LogP contribution in [0.2, 0.25) is 0 Å². The molecular weight excluding hydrogens is 278 g/mol. The fourth-order valence-electron chi connectivity index (χ4n) is 2.29. The van der Waals surface area contributed by atoms with Crippen LogP contribution in [0.4, 0.5) is 11.4 Å². The van der Waals surface area contributed by atoms with Crippen LogP contribution in [0.15, 0.2) is 96.7 Å². The van der Waals surface area contributed by atoms with Crippen molar-refractivity contribution in [2.75, 3.05) is 4.90 Å². The van der Waals surface area contributed by atoms with Crippen molar-refractivity contribution in [3.05, 3.63) is 96.7 Å². The second kappa shape index (κ2) is 8.79. The SMILES string of the molecule is C\C=C/C=C(\C=C\C(C)C)N(c1ccccc1)c1ccccc1. The van der Waals surface area contributed by atoms with E-state index in [1.54, 1.807) is 0 Å². The van der Waals surface area contributed by atoms with Crippen LogP contribution in [-0.2, 0) is 0 Å². The molecule has 0 aliphatic heterocycles. The summed E-state index contributed by atoms with van der Waals surface area (Å²) in [4.78, 5) is 2.28. The zero-order chi connectivity index (χ0) is 16.5. The van der Waals surface area contributed by atoms with Gasteiger partial charge in [0.1, 0.15) is 0 Å². The molecule has 0 saturated heterocycles. The minimum atomic E-state index is 0.511. The maximum Gasteiger partial charge on any atom is 0.0461 e. The van der Waals surface area contributed by atoms with Crippen molar-refractivity contribution >= 4 is 11.4 Å². The molecular formula is C22H25N. The summed E-state index contributed by atoms with van der Waals surface area (Å²) in [6.07, 6.45) is 10.7. The van der Waals surface area contributed by atoms with E-state index >= 15 is 0 Å². The van der Waals surface area contributed by atoms with Gasteiger partial charge >= 0.3 is 0 Å². The Labute approximate surface area is 140 Å². The maximum atomic E-state index is 2.28. The van der Waals surface area contributed by atoms with E-state index in [4.69, 9.17) is 0 Å². The summed E-state index contributed by atoms with van der Waals surface area (Å²) < 4.78 is 0. The lowest BCUT2D eigenvalue weighted by molar-refractivity contribution is 0.830. The zero-order valence-electron chi connectivity index (χ0n) is 14.2. The van der Waals surface area contributed by atoms with E-state index in [1.807, 2.05) is 19.1 Å². The predicted molar refractivity (Wildman–Crippen MR) is 102 cm³/mol. The average Bonchev–Trinajstić information content (AvgIpc) is 2.59. The lowest BCUT2D eigenvalue weighted by Crippen LogP contribution is -2.15. The third kappa shape index (κ3) is 5.00. The van der Waals surface area contributed by atoms with E-state index in [2.05, 4.69) is 97.7 Å². The van der Waals surface area contributed by atoms with Gasteiger partial charge < -0.3 is 4.90 Å². The highest BCUT2D eigenvalue weighted by molar-refractivity contribution is 5.70. The number of hydrogen-bond acceptors (Lipinski definition) is 1. The molecule has 0 saturated carbocycles. The van der Waals surface area contributed by atoms with Gasteiger partial charge in [-0.15, -0.1) is 0 Å². The fourth-order valence-corrected chi connectivity index (χ4v) is 2.29. The first-order valence-electron chi connectivity index (χ1n) is 8.13. The summed E-state index contributed by atoms with van der Waals surface area (Å²) in [5.74, 6) is 0.511. The predicted octanol–water partition coefficient (Wildman–Crippen LogP) is 6.50. The molecule has 2 rings (SSSR count). The van der Waals surface area contributed by atoms with E-state index in [9.17, 15) is 0 Å². The monoisotopic (exact) mass is 303 g/mol. The van der Waals surface area contributed by atoms with Crippen molar-refractivity contribution in [3.8, 4) is 0 Å². The van der Waals surface area contributed by atoms with Gasteiger partial charge in [-0.05, 0) is 49.3 Å². The Bertz CT molecular complexity index is 624. The molecule has 0 atom stereocenters. The Hall–Kier alpha value is -2.54. The standard InChI is InChI=1S/C22H25N/c1-4-5-12-22(18-17-19(2)3)23(20-13-8-6-9-14-20)21-15-10-7-11-16-21/h4-19H,1-3H3/b5-4-,18-17+,22-12+. The highest BCUT2D eigenvalue weighted by atomic mass is 15.1. The van der Waals surface area contributed by atoms with Crippen molar-refractivity contribution in [1.29, 1.82) is 0 Å². The molecule has 0 aromatic heterocycles. The van der Waals surface area contributed by atoms with Gasteiger partial charge in [-0.25, -0.2) is 0 Å². The highest BCUT2D eigenvalue weighted by Crippen LogP contribution is 2.30. The quantitative estimate of drug-likeness (QED) is 0.551. The Balaban J connectivity index is 2.53. The minimum absolute atomic E-state index is 0.511. The van der Waals surface area contributed by atoms with Crippen LogP contribution in [0.25, 0.3) is 0 Å². The first-order valence-corrected chi connectivity index (χ1v) is 8.13. The van der Waals surface area contributed by atoms with E-state index < -0.39 is 0 Å².